The van der Waals surface area contributed by atoms with Crippen molar-refractivity contribution in [2.75, 3.05) is 0 Å². The number of alkyl halides is 3. The summed E-state index contributed by atoms with van der Waals surface area (Å²) >= 11 is 17.7. The molecule has 3 rings (SSSR count). The minimum atomic E-state index is -4.73. The fourth-order valence-electron chi connectivity index (χ4n) is 2.99. The van der Waals surface area contributed by atoms with E-state index in [0.717, 1.165) is 5.56 Å². The first-order chi connectivity index (χ1) is 12.5. The van der Waals surface area contributed by atoms with Gasteiger partial charge in [-0.05, 0) is 47.9 Å². The Labute approximate surface area is 169 Å². The molecule has 2 nitrogen and oxygen atoms in total. The monoisotopic (exact) mass is 433 g/mol. The Kier molecular flexibility index (Phi) is 5.23. The first-order valence-corrected chi connectivity index (χ1v) is 8.91. The average molecular weight is 435 g/mol. The third-order valence-corrected chi connectivity index (χ3v) is 5.01. The lowest BCUT2D eigenvalue weighted by molar-refractivity contribution is -0.275. The molecule has 0 amide bonds. The minimum Gasteiger partial charge on any atom is -0.374 e. The first kappa shape index (κ1) is 20.1. The molecule has 1 aliphatic heterocycles. The summed E-state index contributed by atoms with van der Waals surface area (Å²) in [7, 11) is 0. The number of halogens is 6. The molecule has 2 aromatic carbocycles. The van der Waals surface area contributed by atoms with Crippen LogP contribution in [0.25, 0.3) is 5.03 Å². The van der Waals surface area contributed by atoms with Gasteiger partial charge in [-0.15, -0.1) is 0 Å². The molecule has 142 valence electrons. The van der Waals surface area contributed by atoms with Crippen LogP contribution >= 0.6 is 34.8 Å². The number of nitrogens with zero attached hydrogens (tertiary/aromatic N) is 1. The topological polar surface area (TPSA) is 21.6 Å². The van der Waals surface area contributed by atoms with E-state index in [0.29, 0.717) is 16.2 Å². The lowest BCUT2D eigenvalue weighted by Crippen LogP contribution is -2.42. The molecular formula is C19H13Cl3F3NO. The number of aryl methyl sites for hydroxylation is 1. The van der Waals surface area contributed by atoms with Crippen LogP contribution in [0.5, 0.6) is 0 Å². The number of hydrogen-bond acceptors (Lipinski definition) is 2. The van der Waals surface area contributed by atoms with Gasteiger partial charge in [0.15, 0.2) is 0 Å². The van der Waals surface area contributed by atoms with Gasteiger partial charge in [0.25, 0.3) is 5.60 Å². The van der Waals surface area contributed by atoms with Crippen molar-refractivity contribution in [2.24, 2.45) is 5.16 Å². The third-order valence-electron chi connectivity index (χ3n) is 4.37. The van der Waals surface area contributed by atoms with Crippen molar-refractivity contribution in [3.05, 3.63) is 75.3 Å². The van der Waals surface area contributed by atoms with Gasteiger partial charge in [-0.25, -0.2) is 0 Å². The number of oxime groups is 1. The predicted octanol–water partition coefficient (Wildman–Crippen LogP) is 7.09. The van der Waals surface area contributed by atoms with Crippen LogP contribution in [-0.2, 0) is 10.4 Å². The molecule has 27 heavy (non-hydrogen) atoms. The smallest absolute Gasteiger partial charge is 0.374 e. The lowest BCUT2D eigenvalue weighted by atomic mass is 9.86. The highest BCUT2D eigenvalue weighted by Gasteiger charge is 2.62. The zero-order valence-electron chi connectivity index (χ0n) is 14.0. The molecule has 1 unspecified atom stereocenters. The standard InChI is InChI=1S/C19H13Cl3F3NO/c1-10-5-12(3-4-16(10)11(2)20)17-9-18(27-26-17,19(23,24)25)13-6-14(21)8-15(22)7-13/h3-8H,2,9H2,1H3. The van der Waals surface area contributed by atoms with Crippen LogP contribution in [0, 0.1) is 6.92 Å². The zero-order valence-corrected chi connectivity index (χ0v) is 16.3. The van der Waals surface area contributed by atoms with E-state index in [2.05, 4.69) is 11.7 Å². The van der Waals surface area contributed by atoms with E-state index in [1.807, 2.05) is 0 Å². The van der Waals surface area contributed by atoms with Gasteiger partial charge in [-0.3, -0.25) is 0 Å². The van der Waals surface area contributed by atoms with Crippen molar-refractivity contribution in [1.82, 2.24) is 0 Å². The van der Waals surface area contributed by atoms with Crippen molar-refractivity contribution in [3.63, 3.8) is 0 Å². The van der Waals surface area contributed by atoms with Crippen LogP contribution in [0.3, 0.4) is 0 Å². The Hall–Kier alpha value is -1.69. The highest BCUT2D eigenvalue weighted by molar-refractivity contribution is 6.48. The molecule has 1 aliphatic rings. The van der Waals surface area contributed by atoms with Gasteiger partial charge < -0.3 is 4.84 Å². The summed E-state index contributed by atoms with van der Waals surface area (Å²) in [6, 6.07) is 8.75. The second-order valence-electron chi connectivity index (χ2n) is 6.22. The van der Waals surface area contributed by atoms with E-state index < -0.39 is 18.2 Å². The lowest BCUT2D eigenvalue weighted by Gasteiger charge is -2.29. The van der Waals surface area contributed by atoms with E-state index in [-0.39, 0.29) is 21.3 Å². The molecule has 0 bridgehead atoms. The van der Waals surface area contributed by atoms with Crippen molar-refractivity contribution < 1.29 is 18.0 Å². The fraction of sp³-hybridized carbons (Fsp3) is 0.211. The second kappa shape index (κ2) is 7.04. The number of hydrogen-bond donors (Lipinski definition) is 0. The molecule has 2 aromatic rings. The summed E-state index contributed by atoms with van der Waals surface area (Å²) < 4.78 is 42.0. The Morgan fingerprint density at radius 2 is 1.78 bits per heavy atom. The van der Waals surface area contributed by atoms with Crippen molar-refractivity contribution >= 4 is 45.5 Å². The maximum Gasteiger partial charge on any atom is 0.435 e. The summed E-state index contributed by atoms with van der Waals surface area (Å²) in [6.07, 6.45) is -5.24. The van der Waals surface area contributed by atoms with E-state index in [9.17, 15) is 13.2 Å². The SMILES string of the molecule is C=C(Cl)c1ccc(C2=NOC(c3cc(Cl)cc(Cl)c3)(C(F)(F)F)C2)cc1C. The molecule has 8 heteroatoms. The maximum absolute atomic E-state index is 14.0. The largest absolute Gasteiger partial charge is 0.435 e. The van der Waals surface area contributed by atoms with Crippen LogP contribution < -0.4 is 0 Å². The molecular weight excluding hydrogens is 422 g/mol. The van der Waals surface area contributed by atoms with Crippen molar-refractivity contribution in [2.45, 2.75) is 25.1 Å². The first-order valence-electron chi connectivity index (χ1n) is 7.77. The molecule has 1 heterocycles. The van der Waals surface area contributed by atoms with Gasteiger partial charge >= 0.3 is 6.18 Å². The Morgan fingerprint density at radius 1 is 1.15 bits per heavy atom. The number of benzene rings is 2. The molecule has 0 N–H and O–H groups in total. The molecule has 0 saturated heterocycles. The Morgan fingerprint density at radius 3 is 2.30 bits per heavy atom. The molecule has 0 fully saturated rings. The average Bonchev–Trinajstić information content (AvgIpc) is 3.00. The third kappa shape index (κ3) is 3.68. The second-order valence-corrected chi connectivity index (χ2v) is 7.55. The summed E-state index contributed by atoms with van der Waals surface area (Å²) in [6.45, 7) is 5.45. The van der Waals surface area contributed by atoms with E-state index in [1.165, 1.54) is 18.2 Å². The van der Waals surface area contributed by atoms with Gasteiger partial charge in [0.2, 0.25) is 0 Å². The Bertz CT molecular complexity index is 935. The van der Waals surface area contributed by atoms with Crippen LogP contribution in [0.15, 0.2) is 48.1 Å². The van der Waals surface area contributed by atoms with E-state index in [4.69, 9.17) is 39.6 Å². The van der Waals surface area contributed by atoms with Crippen molar-refractivity contribution in [3.8, 4) is 0 Å². The summed E-state index contributed by atoms with van der Waals surface area (Å²) in [5.74, 6) is 0. The van der Waals surface area contributed by atoms with Gasteiger partial charge in [0, 0.05) is 27.1 Å². The van der Waals surface area contributed by atoms with Crippen LogP contribution in [-0.4, -0.2) is 11.9 Å². The summed E-state index contributed by atoms with van der Waals surface area (Å²) in [5.41, 5.74) is -0.700. The molecule has 0 aliphatic carbocycles. The van der Waals surface area contributed by atoms with E-state index in [1.54, 1.807) is 25.1 Å². The van der Waals surface area contributed by atoms with Crippen LogP contribution in [0.4, 0.5) is 13.2 Å². The highest BCUT2D eigenvalue weighted by Crippen LogP contribution is 2.49. The maximum atomic E-state index is 14.0. The molecule has 0 spiro atoms. The van der Waals surface area contributed by atoms with Gasteiger partial charge in [-0.2, -0.15) is 13.2 Å². The Balaban J connectivity index is 2.02. The van der Waals surface area contributed by atoms with E-state index >= 15 is 0 Å². The molecule has 0 saturated carbocycles. The van der Waals surface area contributed by atoms with Crippen LogP contribution in [0.2, 0.25) is 10.0 Å². The van der Waals surface area contributed by atoms with Crippen molar-refractivity contribution in [1.29, 1.82) is 0 Å². The zero-order chi connectivity index (χ0) is 20.0. The normalized spacial score (nSPS) is 19.6. The molecule has 0 radical (unpaired) electrons. The molecule has 0 aromatic heterocycles. The molecule has 1 atom stereocenters. The minimum absolute atomic E-state index is 0.0824. The highest BCUT2D eigenvalue weighted by atomic mass is 35.5. The van der Waals surface area contributed by atoms with Gasteiger partial charge in [0.05, 0.1) is 5.71 Å². The van der Waals surface area contributed by atoms with Gasteiger partial charge in [0.1, 0.15) is 0 Å². The summed E-state index contributed by atoms with van der Waals surface area (Å²) in [5, 5.41) is 4.25. The number of rotatable bonds is 3. The van der Waals surface area contributed by atoms with Crippen LogP contribution in [0.1, 0.15) is 28.7 Å². The summed E-state index contributed by atoms with van der Waals surface area (Å²) in [4.78, 5) is 4.99. The van der Waals surface area contributed by atoms with Gasteiger partial charge in [-0.1, -0.05) is 58.7 Å². The predicted molar refractivity (Wildman–Crippen MR) is 103 cm³/mol. The quantitative estimate of drug-likeness (QED) is 0.505. The fourth-order valence-corrected chi connectivity index (χ4v) is 3.73.